The first kappa shape index (κ1) is 23.4. The van der Waals surface area contributed by atoms with Crippen LogP contribution >= 0.6 is 0 Å². The molecule has 172 valence electrons. The minimum absolute atomic E-state index is 0.245. The lowest BCUT2D eigenvalue weighted by Gasteiger charge is -2.18. The maximum atomic E-state index is 13.3. The molecule has 0 bridgehead atoms. The first-order valence-electron chi connectivity index (χ1n) is 11.0. The monoisotopic (exact) mass is 443 g/mol. The van der Waals surface area contributed by atoms with Gasteiger partial charge in [-0.25, -0.2) is 18.7 Å². The number of rotatable bonds is 10. The predicted octanol–water partition coefficient (Wildman–Crippen LogP) is 2.76. The zero-order valence-corrected chi connectivity index (χ0v) is 18.9. The minimum atomic E-state index is -0.528. The van der Waals surface area contributed by atoms with Gasteiger partial charge in [-0.3, -0.25) is 14.2 Å². The molecule has 3 rings (SSSR count). The number of carbonyl (C=O) groups excluding carboxylic acids is 1. The van der Waals surface area contributed by atoms with Gasteiger partial charge in [0.15, 0.2) is 11.2 Å². The van der Waals surface area contributed by atoms with Crippen molar-refractivity contribution in [2.45, 2.75) is 65.7 Å². The number of nitrogens with zero attached hydrogens (tertiary/aromatic N) is 5. The summed E-state index contributed by atoms with van der Waals surface area (Å²) in [5.74, 6) is -0.732. The van der Waals surface area contributed by atoms with Crippen molar-refractivity contribution in [2.75, 3.05) is 7.05 Å². The molecule has 1 amide bonds. The first-order valence-corrected chi connectivity index (χ1v) is 11.0. The van der Waals surface area contributed by atoms with Gasteiger partial charge >= 0.3 is 5.69 Å². The van der Waals surface area contributed by atoms with Crippen LogP contribution in [0.1, 0.15) is 45.1 Å². The standard InChI is InChI=1S/C23H30FN5O3/c1-4-6-12-27-16-25-21-20(27)22(31)29(23(32)28(21)13-7-5-2)15-19(30)26(3)14-17-8-10-18(24)11-9-17/h8-11,16H,4-7,12-15H2,1-3H3. The topological polar surface area (TPSA) is 82.1 Å². The van der Waals surface area contributed by atoms with Crippen molar-refractivity contribution < 1.29 is 9.18 Å². The summed E-state index contributed by atoms with van der Waals surface area (Å²) in [5.41, 5.74) is 0.439. The van der Waals surface area contributed by atoms with Crippen LogP contribution in [0.2, 0.25) is 0 Å². The van der Waals surface area contributed by atoms with Gasteiger partial charge in [-0.2, -0.15) is 0 Å². The number of unbranched alkanes of at least 4 members (excludes halogenated alkanes) is 2. The maximum Gasteiger partial charge on any atom is 0.333 e. The molecule has 0 N–H and O–H groups in total. The fourth-order valence-electron chi connectivity index (χ4n) is 3.60. The van der Waals surface area contributed by atoms with Gasteiger partial charge in [0.25, 0.3) is 5.56 Å². The molecule has 0 aliphatic heterocycles. The molecule has 2 heterocycles. The van der Waals surface area contributed by atoms with E-state index >= 15 is 0 Å². The van der Waals surface area contributed by atoms with E-state index in [0.717, 1.165) is 35.8 Å². The molecule has 0 spiro atoms. The van der Waals surface area contributed by atoms with Crippen molar-refractivity contribution in [3.63, 3.8) is 0 Å². The van der Waals surface area contributed by atoms with Crippen LogP contribution in [0, 0.1) is 5.82 Å². The third kappa shape index (κ3) is 4.98. The molecule has 0 saturated heterocycles. The molecule has 0 fully saturated rings. The molecule has 2 aromatic heterocycles. The zero-order chi connectivity index (χ0) is 23.3. The summed E-state index contributed by atoms with van der Waals surface area (Å²) in [5, 5.41) is 0. The zero-order valence-electron chi connectivity index (χ0n) is 18.9. The third-order valence-corrected chi connectivity index (χ3v) is 5.52. The summed E-state index contributed by atoms with van der Waals surface area (Å²) >= 11 is 0. The number of aromatic nitrogens is 4. The van der Waals surface area contributed by atoms with Crippen molar-refractivity contribution in [1.29, 1.82) is 0 Å². The van der Waals surface area contributed by atoms with Crippen LogP contribution in [-0.2, 0) is 31.0 Å². The Morgan fingerprint density at radius 3 is 2.34 bits per heavy atom. The Kier molecular flexibility index (Phi) is 7.61. The van der Waals surface area contributed by atoms with Crippen LogP contribution in [-0.4, -0.2) is 36.5 Å². The highest BCUT2D eigenvalue weighted by atomic mass is 19.1. The minimum Gasteiger partial charge on any atom is -0.340 e. The van der Waals surface area contributed by atoms with E-state index in [0.29, 0.717) is 24.3 Å². The number of aryl methyl sites for hydroxylation is 2. The summed E-state index contributed by atoms with van der Waals surface area (Å²) in [6.07, 6.45) is 5.06. The third-order valence-electron chi connectivity index (χ3n) is 5.52. The van der Waals surface area contributed by atoms with Gasteiger partial charge in [0.05, 0.1) is 6.33 Å². The van der Waals surface area contributed by atoms with E-state index in [2.05, 4.69) is 11.9 Å². The second kappa shape index (κ2) is 10.4. The van der Waals surface area contributed by atoms with E-state index in [4.69, 9.17) is 0 Å². The first-order chi connectivity index (χ1) is 15.4. The SMILES string of the molecule is CCCCn1cnc2c1c(=O)n(CC(=O)N(C)Cc1ccc(F)cc1)c(=O)n2CCCC. The molecule has 0 aliphatic rings. The van der Waals surface area contributed by atoms with Crippen molar-refractivity contribution in [1.82, 2.24) is 23.6 Å². The molecule has 1 aromatic carbocycles. The van der Waals surface area contributed by atoms with Crippen molar-refractivity contribution in [2.24, 2.45) is 0 Å². The van der Waals surface area contributed by atoms with Crippen molar-refractivity contribution >= 4 is 17.1 Å². The lowest BCUT2D eigenvalue weighted by atomic mass is 10.2. The highest BCUT2D eigenvalue weighted by molar-refractivity contribution is 5.76. The number of imidazole rings is 1. The van der Waals surface area contributed by atoms with Gasteiger partial charge in [-0.05, 0) is 30.5 Å². The predicted molar refractivity (Wildman–Crippen MR) is 121 cm³/mol. The number of likely N-dealkylation sites (N-methyl/N-ethyl adjacent to an activating group) is 1. The van der Waals surface area contributed by atoms with Crippen LogP contribution in [0.3, 0.4) is 0 Å². The largest absolute Gasteiger partial charge is 0.340 e. The Hall–Kier alpha value is -3.23. The molecule has 0 aliphatic carbocycles. The van der Waals surface area contributed by atoms with E-state index in [1.165, 1.54) is 21.6 Å². The molecular formula is C23H30FN5O3. The fraction of sp³-hybridized carbons (Fsp3) is 0.478. The smallest absolute Gasteiger partial charge is 0.333 e. The Morgan fingerprint density at radius 2 is 1.69 bits per heavy atom. The quantitative estimate of drug-likeness (QED) is 0.483. The molecular weight excluding hydrogens is 413 g/mol. The molecule has 9 heteroatoms. The summed E-state index contributed by atoms with van der Waals surface area (Å²) in [4.78, 5) is 45.0. The van der Waals surface area contributed by atoms with Gasteiger partial charge in [0.2, 0.25) is 5.91 Å². The van der Waals surface area contributed by atoms with Gasteiger partial charge in [-0.1, -0.05) is 38.8 Å². The number of carbonyl (C=O) groups is 1. The lowest BCUT2D eigenvalue weighted by molar-refractivity contribution is -0.131. The van der Waals surface area contributed by atoms with E-state index < -0.39 is 11.2 Å². The summed E-state index contributed by atoms with van der Waals surface area (Å²) < 4.78 is 17.4. The maximum absolute atomic E-state index is 13.3. The molecule has 32 heavy (non-hydrogen) atoms. The summed E-state index contributed by atoms with van der Waals surface area (Å²) in [6.45, 7) is 5.00. The number of halogens is 1. The van der Waals surface area contributed by atoms with E-state index in [9.17, 15) is 18.8 Å². The number of fused-ring (bicyclic) bond motifs is 1. The normalized spacial score (nSPS) is 11.2. The van der Waals surface area contributed by atoms with Crippen LogP contribution in [0.5, 0.6) is 0 Å². The van der Waals surface area contributed by atoms with Gasteiger partial charge in [-0.15, -0.1) is 0 Å². The Bertz CT molecular complexity index is 1190. The second-order valence-electron chi connectivity index (χ2n) is 8.02. The van der Waals surface area contributed by atoms with E-state index in [1.54, 1.807) is 30.1 Å². The van der Waals surface area contributed by atoms with E-state index in [1.807, 2.05) is 6.92 Å². The number of benzene rings is 1. The average molecular weight is 444 g/mol. The molecule has 0 saturated carbocycles. The number of amides is 1. The molecule has 8 nitrogen and oxygen atoms in total. The molecule has 0 radical (unpaired) electrons. The summed E-state index contributed by atoms with van der Waals surface area (Å²) in [6, 6.07) is 5.86. The van der Waals surface area contributed by atoms with Crippen LogP contribution in [0.4, 0.5) is 4.39 Å². The average Bonchev–Trinajstić information content (AvgIpc) is 3.20. The molecule has 0 atom stereocenters. The van der Waals surface area contributed by atoms with Crippen LogP contribution < -0.4 is 11.2 Å². The van der Waals surface area contributed by atoms with Gasteiger partial charge in [0.1, 0.15) is 12.4 Å². The molecule has 0 unspecified atom stereocenters. The molecule has 3 aromatic rings. The van der Waals surface area contributed by atoms with Gasteiger partial charge < -0.3 is 9.47 Å². The van der Waals surface area contributed by atoms with Crippen LogP contribution in [0.25, 0.3) is 11.2 Å². The Morgan fingerprint density at radius 1 is 1.03 bits per heavy atom. The van der Waals surface area contributed by atoms with E-state index in [-0.39, 0.29) is 24.8 Å². The number of hydrogen-bond acceptors (Lipinski definition) is 4. The fourth-order valence-corrected chi connectivity index (χ4v) is 3.60. The highest BCUT2D eigenvalue weighted by Gasteiger charge is 2.20. The Labute approximate surface area is 185 Å². The second-order valence-corrected chi connectivity index (χ2v) is 8.02. The number of hydrogen-bond donors (Lipinski definition) is 0. The van der Waals surface area contributed by atoms with Crippen molar-refractivity contribution in [3.8, 4) is 0 Å². The summed E-state index contributed by atoms with van der Waals surface area (Å²) in [7, 11) is 1.59. The van der Waals surface area contributed by atoms with Gasteiger partial charge in [0, 0.05) is 26.7 Å². The van der Waals surface area contributed by atoms with Crippen LogP contribution in [0.15, 0.2) is 40.2 Å². The lowest BCUT2D eigenvalue weighted by Crippen LogP contribution is -2.44. The Balaban J connectivity index is 1.96. The highest BCUT2D eigenvalue weighted by Crippen LogP contribution is 2.10. The van der Waals surface area contributed by atoms with Crippen molar-refractivity contribution in [3.05, 3.63) is 62.8 Å².